The van der Waals surface area contributed by atoms with Crippen molar-refractivity contribution in [1.29, 1.82) is 0 Å². The Morgan fingerprint density at radius 2 is 2.22 bits per heavy atom. The highest BCUT2D eigenvalue weighted by atomic mass is 16.5. The van der Waals surface area contributed by atoms with Crippen LogP contribution in [0.5, 0.6) is 11.5 Å². The number of carbonyl (C=O) groups is 1. The minimum Gasteiger partial charge on any atom is -0.493 e. The fourth-order valence-corrected chi connectivity index (χ4v) is 1.85. The monoisotopic (exact) mass is 316 g/mol. The van der Waals surface area contributed by atoms with Crippen LogP contribution in [0.3, 0.4) is 0 Å². The molecule has 0 radical (unpaired) electrons. The normalized spacial score (nSPS) is 10.7. The molecular weight excluding hydrogens is 296 g/mol. The maximum Gasteiger partial charge on any atom is 0.291 e. The maximum atomic E-state index is 11.8. The SMILES string of the molecule is CCCOc1ccc(/C=N/NC(=O)c2cc(C)[nH]n2)cc1OC. The molecule has 0 aliphatic rings. The summed E-state index contributed by atoms with van der Waals surface area (Å²) in [6, 6.07) is 7.09. The van der Waals surface area contributed by atoms with E-state index < -0.39 is 0 Å². The third-order valence-electron chi connectivity index (χ3n) is 2.97. The van der Waals surface area contributed by atoms with E-state index in [1.54, 1.807) is 19.2 Å². The number of aromatic nitrogens is 2. The molecule has 1 aromatic heterocycles. The quantitative estimate of drug-likeness (QED) is 0.606. The average molecular weight is 316 g/mol. The second-order valence-electron chi connectivity index (χ2n) is 4.89. The van der Waals surface area contributed by atoms with Gasteiger partial charge in [0, 0.05) is 5.69 Å². The van der Waals surface area contributed by atoms with Crippen LogP contribution in [-0.4, -0.2) is 36.0 Å². The molecule has 0 unspecified atom stereocenters. The Bertz CT molecular complexity index is 694. The zero-order valence-corrected chi connectivity index (χ0v) is 13.4. The van der Waals surface area contributed by atoms with Gasteiger partial charge in [0.25, 0.3) is 5.91 Å². The Morgan fingerprint density at radius 1 is 1.39 bits per heavy atom. The molecule has 7 nitrogen and oxygen atoms in total. The number of rotatable bonds is 7. The number of nitrogens with one attached hydrogen (secondary N) is 2. The third-order valence-corrected chi connectivity index (χ3v) is 2.97. The average Bonchev–Trinajstić information content (AvgIpc) is 3.00. The van der Waals surface area contributed by atoms with E-state index in [2.05, 4.69) is 20.7 Å². The topological polar surface area (TPSA) is 88.6 Å². The molecule has 122 valence electrons. The first-order valence-electron chi connectivity index (χ1n) is 7.30. The zero-order chi connectivity index (χ0) is 16.7. The van der Waals surface area contributed by atoms with E-state index in [-0.39, 0.29) is 5.91 Å². The number of H-pyrrole nitrogens is 1. The number of aryl methyl sites for hydroxylation is 1. The van der Waals surface area contributed by atoms with E-state index in [1.165, 1.54) is 6.21 Å². The first kappa shape index (κ1) is 16.5. The van der Waals surface area contributed by atoms with Crippen molar-refractivity contribution in [3.05, 3.63) is 41.2 Å². The lowest BCUT2D eigenvalue weighted by molar-refractivity contribution is 0.0950. The second-order valence-corrected chi connectivity index (χ2v) is 4.89. The van der Waals surface area contributed by atoms with Gasteiger partial charge in [-0.3, -0.25) is 9.89 Å². The summed E-state index contributed by atoms with van der Waals surface area (Å²) in [7, 11) is 1.58. The maximum absolute atomic E-state index is 11.8. The lowest BCUT2D eigenvalue weighted by Crippen LogP contribution is -2.18. The summed E-state index contributed by atoms with van der Waals surface area (Å²) in [6.07, 6.45) is 2.45. The molecule has 0 bridgehead atoms. The van der Waals surface area contributed by atoms with Gasteiger partial charge in [-0.05, 0) is 43.2 Å². The molecular formula is C16H20N4O3. The van der Waals surface area contributed by atoms with Gasteiger partial charge >= 0.3 is 0 Å². The summed E-state index contributed by atoms with van der Waals surface area (Å²) < 4.78 is 10.9. The molecule has 2 rings (SSSR count). The van der Waals surface area contributed by atoms with Gasteiger partial charge in [0.05, 0.1) is 19.9 Å². The predicted molar refractivity (Wildman–Crippen MR) is 87.2 cm³/mol. The highest BCUT2D eigenvalue weighted by Gasteiger charge is 2.08. The van der Waals surface area contributed by atoms with E-state index in [0.29, 0.717) is 23.8 Å². The molecule has 0 saturated carbocycles. The van der Waals surface area contributed by atoms with Crippen LogP contribution in [0.2, 0.25) is 0 Å². The molecule has 23 heavy (non-hydrogen) atoms. The van der Waals surface area contributed by atoms with E-state index in [1.807, 2.05) is 26.0 Å². The highest BCUT2D eigenvalue weighted by Crippen LogP contribution is 2.27. The number of methoxy groups -OCH3 is 1. The molecule has 0 fully saturated rings. The van der Waals surface area contributed by atoms with Crippen LogP contribution in [0, 0.1) is 6.92 Å². The summed E-state index contributed by atoms with van der Waals surface area (Å²) in [5.41, 5.74) is 4.31. The molecule has 0 aliphatic carbocycles. The van der Waals surface area contributed by atoms with Gasteiger partial charge < -0.3 is 9.47 Å². The van der Waals surface area contributed by atoms with Gasteiger partial charge in [0.2, 0.25) is 0 Å². The molecule has 0 spiro atoms. The number of benzene rings is 1. The first-order chi connectivity index (χ1) is 11.1. The van der Waals surface area contributed by atoms with Gasteiger partial charge in [-0.2, -0.15) is 10.2 Å². The molecule has 1 aromatic carbocycles. The van der Waals surface area contributed by atoms with Gasteiger partial charge in [-0.25, -0.2) is 5.43 Å². The van der Waals surface area contributed by atoms with E-state index in [4.69, 9.17) is 9.47 Å². The van der Waals surface area contributed by atoms with Gasteiger partial charge in [0.15, 0.2) is 17.2 Å². The second kappa shape index (κ2) is 7.98. The van der Waals surface area contributed by atoms with Crippen molar-refractivity contribution in [2.75, 3.05) is 13.7 Å². The molecule has 2 aromatic rings. The van der Waals surface area contributed by atoms with Crippen molar-refractivity contribution in [2.45, 2.75) is 20.3 Å². The van der Waals surface area contributed by atoms with Crippen LogP contribution < -0.4 is 14.9 Å². The third kappa shape index (κ3) is 4.57. The van der Waals surface area contributed by atoms with Crippen molar-refractivity contribution in [3.63, 3.8) is 0 Å². The Labute approximate surface area is 134 Å². The minimum atomic E-state index is -0.375. The number of amides is 1. The lowest BCUT2D eigenvalue weighted by atomic mass is 10.2. The molecule has 0 aliphatic heterocycles. The summed E-state index contributed by atoms with van der Waals surface area (Å²) in [5.74, 6) is 0.930. The predicted octanol–water partition coefficient (Wildman–Crippen LogP) is 2.28. The van der Waals surface area contributed by atoms with Crippen molar-refractivity contribution < 1.29 is 14.3 Å². The first-order valence-corrected chi connectivity index (χ1v) is 7.30. The molecule has 0 saturated heterocycles. The number of hydrogen-bond donors (Lipinski definition) is 2. The van der Waals surface area contributed by atoms with Crippen LogP contribution in [0.1, 0.15) is 35.1 Å². The largest absolute Gasteiger partial charge is 0.493 e. The van der Waals surface area contributed by atoms with Crippen LogP contribution in [0.15, 0.2) is 29.4 Å². The standard InChI is InChI=1S/C16H20N4O3/c1-4-7-23-14-6-5-12(9-15(14)22-3)10-17-20-16(21)13-8-11(2)18-19-13/h5-6,8-10H,4,7H2,1-3H3,(H,18,19)(H,20,21)/b17-10+. The molecule has 1 amide bonds. The molecule has 0 atom stereocenters. The summed E-state index contributed by atoms with van der Waals surface area (Å²) >= 11 is 0. The van der Waals surface area contributed by atoms with Gasteiger partial charge in [0.1, 0.15) is 0 Å². The Kier molecular flexibility index (Phi) is 5.74. The van der Waals surface area contributed by atoms with Gasteiger partial charge in [-0.15, -0.1) is 0 Å². The van der Waals surface area contributed by atoms with Crippen LogP contribution in [-0.2, 0) is 0 Å². The van der Waals surface area contributed by atoms with E-state index in [0.717, 1.165) is 17.7 Å². The smallest absolute Gasteiger partial charge is 0.291 e. The lowest BCUT2D eigenvalue weighted by Gasteiger charge is -2.10. The summed E-state index contributed by atoms with van der Waals surface area (Å²) in [5, 5.41) is 10.5. The van der Waals surface area contributed by atoms with Gasteiger partial charge in [-0.1, -0.05) is 6.92 Å². The van der Waals surface area contributed by atoms with Crippen LogP contribution in [0.4, 0.5) is 0 Å². The zero-order valence-electron chi connectivity index (χ0n) is 13.4. The number of ether oxygens (including phenoxy) is 2. The fourth-order valence-electron chi connectivity index (χ4n) is 1.85. The Balaban J connectivity index is 2.00. The van der Waals surface area contributed by atoms with Crippen LogP contribution >= 0.6 is 0 Å². The van der Waals surface area contributed by atoms with Crippen molar-refractivity contribution >= 4 is 12.1 Å². The molecule has 1 heterocycles. The Morgan fingerprint density at radius 3 is 2.87 bits per heavy atom. The number of aromatic amines is 1. The van der Waals surface area contributed by atoms with E-state index >= 15 is 0 Å². The molecule has 2 N–H and O–H groups in total. The summed E-state index contributed by atoms with van der Waals surface area (Å²) in [6.45, 7) is 4.49. The number of hydrogen-bond acceptors (Lipinski definition) is 5. The fraction of sp³-hybridized carbons (Fsp3) is 0.312. The van der Waals surface area contributed by atoms with Crippen molar-refractivity contribution in [1.82, 2.24) is 15.6 Å². The molecule has 7 heteroatoms. The number of nitrogens with zero attached hydrogens (tertiary/aromatic N) is 2. The van der Waals surface area contributed by atoms with E-state index in [9.17, 15) is 4.79 Å². The number of carbonyl (C=O) groups excluding carboxylic acids is 1. The Hall–Kier alpha value is -2.83. The minimum absolute atomic E-state index is 0.292. The highest BCUT2D eigenvalue weighted by molar-refractivity contribution is 5.93. The van der Waals surface area contributed by atoms with Crippen LogP contribution in [0.25, 0.3) is 0 Å². The van der Waals surface area contributed by atoms with Crippen molar-refractivity contribution in [2.24, 2.45) is 5.10 Å². The summed E-state index contributed by atoms with van der Waals surface area (Å²) in [4.78, 5) is 11.8. The van der Waals surface area contributed by atoms with Crippen molar-refractivity contribution in [3.8, 4) is 11.5 Å². The number of hydrazone groups is 1.